The summed E-state index contributed by atoms with van der Waals surface area (Å²) in [5, 5.41) is 9.58. The number of carboxylic acids is 1. The minimum atomic E-state index is -0.925. The van der Waals surface area contributed by atoms with Crippen molar-refractivity contribution in [1.29, 1.82) is 0 Å². The lowest BCUT2D eigenvalue weighted by atomic mass is 10.2. The molecule has 0 atom stereocenters. The van der Waals surface area contributed by atoms with Crippen LogP contribution < -0.4 is 0 Å². The van der Waals surface area contributed by atoms with Crippen LogP contribution in [0.5, 0.6) is 0 Å². The Kier molecular flexibility index (Phi) is 2.92. The number of carbonyl (C=O) groups is 1. The van der Waals surface area contributed by atoms with E-state index in [1.165, 1.54) is 0 Å². The molecule has 68 valence electrons. The fourth-order valence-electron chi connectivity index (χ4n) is 1.19. The van der Waals surface area contributed by atoms with Crippen molar-refractivity contribution in [2.24, 2.45) is 0 Å². The Bertz CT molecular complexity index is 403. The summed E-state index contributed by atoms with van der Waals surface area (Å²) in [6.45, 7) is 0. The van der Waals surface area contributed by atoms with Crippen LogP contribution in [0, 0.1) is 0 Å². The van der Waals surface area contributed by atoms with E-state index >= 15 is 0 Å². The summed E-state index contributed by atoms with van der Waals surface area (Å²) >= 11 is 0. The molecule has 0 radical (unpaired) electrons. The largest absolute Gasteiger partial charge is 0.477 e. The molecule has 4 heteroatoms. The normalized spacial score (nSPS) is 9.54. The predicted octanol–water partition coefficient (Wildman–Crippen LogP) is 2.48. The maximum Gasteiger partial charge on any atom is 0.352 e. The molecule has 1 aromatic carbocycles. The molecular weight excluding hydrogens is 281 g/mol. The first-order valence-corrected chi connectivity index (χ1v) is 3.58. The monoisotopic (exact) mass is 289 g/mol. The minimum absolute atomic E-state index is 0. The Morgan fingerprint density at radius 3 is 2.62 bits per heavy atom. The van der Waals surface area contributed by atoms with E-state index in [1.54, 1.807) is 6.07 Å². The molecule has 2 aromatic rings. The maximum atomic E-state index is 10.5. The third-order valence-corrected chi connectivity index (χ3v) is 1.76. The topological polar surface area (TPSA) is 53.1 Å². The summed E-state index contributed by atoms with van der Waals surface area (Å²) in [5.74, 6) is -0.925. The number of rotatable bonds is 1. The summed E-state index contributed by atoms with van der Waals surface area (Å²) in [6, 6.07) is 9.09. The van der Waals surface area contributed by atoms with Crippen molar-refractivity contribution in [3.05, 3.63) is 36.0 Å². The Labute approximate surface area is 91.8 Å². The van der Waals surface area contributed by atoms with Gasteiger partial charge < -0.3 is 10.1 Å². The number of H-pyrrole nitrogens is 1. The number of nitrogens with one attached hydrogen (secondary N) is 1. The van der Waals surface area contributed by atoms with Gasteiger partial charge in [-0.15, -0.1) is 24.0 Å². The van der Waals surface area contributed by atoms with Gasteiger partial charge in [-0.2, -0.15) is 0 Å². The molecule has 0 bridgehead atoms. The number of benzene rings is 1. The zero-order chi connectivity index (χ0) is 8.55. The average molecular weight is 289 g/mol. The first-order chi connectivity index (χ1) is 5.77. The lowest BCUT2D eigenvalue weighted by molar-refractivity contribution is 0.0691. The fourth-order valence-corrected chi connectivity index (χ4v) is 1.19. The van der Waals surface area contributed by atoms with Gasteiger partial charge in [-0.05, 0) is 12.1 Å². The highest BCUT2D eigenvalue weighted by Gasteiger charge is 2.05. The van der Waals surface area contributed by atoms with Gasteiger partial charge in [0.2, 0.25) is 0 Å². The number of para-hydroxylation sites is 1. The van der Waals surface area contributed by atoms with E-state index in [-0.39, 0.29) is 29.7 Å². The Hall–Kier alpha value is -1.04. The van der Waals surface area contributed by atoms with Crippen LogP contribution in [0.2, 0.25) is 0 Å². The molecule has 0 aliphatic rings. The molecule has 0 saturated heterocycles. The second-order valence-electron chi connectivity index (χ2n) is 2.58. The number of carboxylic acid groups (broad SMARTS) is 1. The van der Waals surface area contributed by atoms with Crippen molar-refractivity contribution in [1.82, 2.24) is 4.98 Å². The Balaban J connectivity index is 0.000000845. The standard InChI is InChI=1S/C9H7NO2.HI/c11-9(12)8-5-6-3-1-2-4-7(6)10-8;/h1-5,10H,(H,11,12);1H. The second-order valence-corrected chi connectivity index (χ2v) is 2.58. The van der Waals surface area contributed by atoms with Crippen LogP contribution in [-0.2, 0) is 0 Å². The van der Waals surface area contributed by atoms with Crippen molar-refractivity contribution in [3.63, 3.8) is 0 Å². The lowest BCUT2D eigenvalue weighted by Gasteiger charge is -1.84. The molecule has 0 aliphatic carbocycles. The number of aromatic carboxylic acids is 1. The third-order valence-electron chi connectivity index (χ3n) is 1.76. The van der Waals surface area contributed by atoms with Crippen LogP contribution in [0.4, 0.5) is 0 Å². The van der Waals surface area contributed by atoms with Gasteiger partial charge in [-0.25, -0.2) is 4.79 Å². The van der Waals surface area contributed by atoms with Gasteiger partial charge in [-0.3, -0.25) is 0 Å². The number of aromatic amines is 1. The lowest BCUT2D eigenvalue weighted by Crippen LogP contribution is -1.94. The van der Waals surface area contributed by atoms with Gasteiger partial charge >= 0.3 is 5.97 Å². The van der Waals surface area contributed by atoms with Crippen LogP contribution in [0.25, 0.3) is 10.9 Å². The minimum Gasteiger partial charge on any atom is -0.477 e. The summed E-state index contributed by atoms with van der Waals surface area (Å²) in [4.78, 5) is 13.3. The third kappa shape index (κ3) is 1.82. The van der Waals surface area contributed by atoms with Gasteiger partial charge in [0.25, 0.3) is 0 Å². The molecule has 1 heterocycles. The molecule has 0 amide bonds. The molecule has 0 saturated carbocycles. The quantitative estimate of drug-likeness (QED) is 0.792. The van der Waals surface area contributed by atoms with Crippen LogP contribution in [-0.4, -0.2) is 16.1 Å². The Morgan fingerprint density at radius 1 is 1.31 bits per heavy atom. The highest BCUT2D eigenvalue weighted by molar-refractivity contribution is 14.0. The molecule has 13 heavy (non-hydrogen) atoms. The van der Waals surface area contributed by atoms with Gasteiger partial charge in [0.05, 0.1) is 0 Å². The summed E-state index contributed by atoms with van der Waals surface area (Å²) in [6.07, 6.45) is 0. The number of halogens is 1. The molecular formula is C9H8INO2. The smallest absolute Gasteiger partial charge is 0.352 e. The van der Waals surface area contributed by atoms with E-state index < -0.39 is 5.97 Å². The van der Waals surface area contributed by atoms with Crippen molar-refractivity contribution >= 4 is 40.8 Å². The molecule has 3 nitrogen and oxygen atoms in total. The SMILES string of the molecule is I.O=C(O)c1cc2ccccc2[nH]1. The van der Waals surface area contributed by atoms with E-state index in [0.717, 1.165) is 10.9 Å². The van der Waals surface area contributed by atoms with Crippen LogP contribution in [0.3, 0.4) is 0 Å². The average Bonchev–Trinajstić information content (AvgIpc) is 2.46. The molecule has 0 aliphatic heterocycles. The zero-order valence-electron chi connectivity index (χ0n) is 6.65. The summed E-state index contributed by atoms with van der Waals surface area (Å²) in [5.41, 5.74) is 1.09. The van der Waals surface area contributed by atoms with E-state index in [2.05, 4.69) is 4.98 Å². The molecule has 0 unspecified atom stereocenters. The number of hydrogen-bond acceptors (Lipinski definition) is 1. The molecule has 1 aromatic heterocycles. The molecule has 0 spiro atoms. The van der Waals surface area contributed by atoms with E-state index in [0.29, 0.717) is 0 Å². The van der Waals surface area contributed by atoms with Crippen LogP contribution in [0.1, 0.15) is 10.5 Å². The van der Waals surface area contributed by atoms with E-state index in [4.69, 9.17) is 5.11 Å². The number of hydrogen-bond donors (Lipinski definition) is 2. The van der Waals surface area contributed by atoms with Crippen molar-refractivity contribution < 1.29 is 9.90 Å². The van der Waals surface area contributed by atoms with Gasteiger partial charge in [0, 0.05) is 10.9 Å². The number of aromatic nitrogens is 1. The van der Waals surface area contributed by atoms with Gasteiger partial charge in [0.1, 0.15) is 5.69 Å². The zero-order valence-corrected chi connectivity index (χ0v) is 8.98. The fraction of sp³-hybridized carbons (Fsp3) is 0. The Morgan fingerprint density at radius 2 is 2.00 bits per heavy atom. The van der Waals surface area contributed by atoms with Crippen LogP contribution in [0.15, 0.2) is 30.3 Å². The van der Waals surface area contributed by atoms with Gasteiger partial charge in [-0.1, -0.05) is 18.2 Å². The second kappa shape index (κ2) is 3.78. The van der Waals surface area contributed by atoms with E-state index in [1.807, 2.05) is 24.3 Å². The highest BCUT2D eigenvalue weighted by atomic mass is 127. The van der Waals surface area contributed by atoms with Crippen molar-refractivity contribution in [2.45, 2.75) is 0 Å². The highest BCUT2D eigenvalue weighted by Crippen LogP contribution is 2.13. The summed E-state index contributed by atoms with van der Waals surface area (Å²) < 4.78 is 0. The van der Waals surface area contributed by atoms with Gasteiger partial charge in [0.15, 0.2) is 0 Å². The predicted molar refractivity (Wildman–Crippen MR) is 60.7 cm³/mol. The molecule has 2 N–H and O–H groups in total. The molecule has 0 fully saturated rings. The first-order valence-electron chi connectivity index (χ1n) is 3.58. The maximum absolute atomic E-state index is 10.5. The van der Waals surface area contributed by atoms with Crippen molar-refractivity contribution in [2.75, 3.05) is 0 Å². The number of fused-ring (bicyclic) bond motifs is 1. The molecule has 2 rings (SSSR count). The van der Waals surface area contributed by atoms with Crippen LogP contribution >= 0.6 is 24.0 Å². The summed E-state index contributed by atoms with van der Waals surface area (Å²) in [7, 11) is 0. The first kappa shape index (κ1) is 10.0. The van der Waals surface area contributed by atoms with Crippen molar-refractivity contribution in [3.8, 4) is 0 Å². The van der Waals surface area contributed by atoms with E-state index in [9.17, 15) is 4.79 Å².